The van der Waals surface area contributed by atoms with E-state index < -0.39 is 11.9 Å². The van der Waals surface area contributed by atoms with Crippen molar-refractivity contribution in [3.05, 3.63) is 29.8 Å². The van der Waals surface area contributed by atoms with Gasteiger partial charge in [-0.1, -0.05) is 6.92 Å². The first kappa shape index (κ1) is 13.4. The van der Waals surface area contributed by atoms with Crippen LogP contribution in [0.5, 0.6) is 5.75 Å². The predicted molar refractivity (Wildman–Crippen MR) is 69.2 cm³/mol. The molecule has 1 amide bonds. The van der Waals surface area contributed by atoms with Gasteiger partial charge in [0.05, 0.1) is 13.0 Å². The fourth-order valence-corrected chi connectivity index (χ4v) is 2.37. The molecule has 1 fully saturated rings. The van der Waals surface area contributed by atoms with Gasteiger partial charge < -0.3 is 14.7 Å². The highest BCUT2D eigenvalue weighted by Crippen LogP contribution is 2.25. The van der Waals surface area contributed by atoms with E-state index in [0.717, 1.165) is 0 Å². The van der Waals surface area contributed by atoms with Crippen molar-refractivity contribution in [1.29, 1.82) is 0 Å². The lowest BCUT2D eigenvalue weighted by molar-refractivity contribution is -0.142. The van der Waals surface area contributed by atoms with Crippen molar-refractivity contribution < 1.29 is 19.4 Å². The molecule has 1 saturated heterocycles. The molecule has 0 unspecified atom stereocenters. The van der Waals surface area contributed by atoms with E-state index in [0.29, 0.717) is 17.9 Å². The van der Waals surface area contributed by atoms with Crippen LogP contribution in [0.4, 0.5) is 0 Å². The number of carbonyl (C=O) groups is 2. The second kappa shape index (κ2) is 5.30. The van der Waals surface area contributed by atoms with Crippen molar-refractivity contribution in [3.8, 4) is 5.75 Å². The maximum atomic E-state index is 12.3. The van der Waals surface area contributed by atoms with Gasteiger partial charge in [0.25, 0.3) is 5.91 Å². The monoisotopic (exact) mass is 263 g/mol. The van der Waals surface area contributed by atoms with Crippen LogP contribution in [0.3, 0.4) is 0 Å². The number of nitrogens with zero attached hydrogens (tertiary/aromatic N) is 1. The van der Waals surface area contributed by atoms with Crippen molar-refractivity contribution in [1.82, 2.24) is 4.90 Å². The second-order valence-electron chi connectivity index (χ2n) is 4.86. The summed E-state index contributed by atoms with van der Waals surface area (Å²) < 4.78 is 5.04. The maximum Gasteiger partial charge on any atom is 0.308 e. The van der Waals surface area contributed by atoms with Crippen LogP contribution in [-0.4, -0.2) is 42.1 Å². The number of carboxylic acid groups (broad SMARTS) is 1. The molecule has 102 valence electrons. The fourth-order valence-electron chi connectivity index (χ4n) is 2.37. The zero-order valence-corrected chi connectivity index (χ0v) is 11.0. The van der Waals surface area contributed by atoms with E-state index in [1.807, 2.05) is 6.92 Å². The van der Waals surface area contributed by atoms with Gasteiger partial charge >= 0.3 is 5.97 Å². The first-order chi connectivity index (χ1) is 9.02. The number of likely N-dealkylation sites (tertiary alicyclic amines) is 1. The molecular weight excluding hydrogens is 246 g/mol. The molecule has 1 aromatic carbocycles. The molecule has 0 bridgehead atoms. The molecule has 2 atom stereocenters. The number of carbonyl (C=O) groups excluding carboxylic acids is 1. The number of methoxy groups -OCH3 is 1. The Balaban J connectivity index is 2.10. The molecular formula is C14H17NO4. The van der Waals surface area contributed by atoms with Crippen LogP contribution >= 0.6 is 0 Å². The lowest BCUT2D eigenvalue weighted by atomic mass is 9.99. The molecule has 0 saturated carbocycles. The minimum atomic E-state index is -0.836. The zero-order chi connectivity index (χ0) is 14.0. The lowest BCUT2D eigenvalue weighted by Gasteiger charge is -2.16. The van der Waals surface area contributed by atoms with E-state index in [2.05, 4.69) is 0 Å². The third-order valence-corrected chi connectivity index (χ3v) is 3.55. The maximum absolute atomic E-state index is 12.3. The Morgan fingerprint density at radius 2 is 1.89 bits per heavy atom. The van der Waals surface area contributed by atoms with Gasteiger partial charge in [0.1, 0.15) is 5.75 Å². The van der Waals surface area contributed by atoms with Crippen molar-refractivity contribution in [2.45, 2.75) is 6.92 Å². The average molecular weight is 263 g/mol. The molecule has 1 aromatic rings. The Labute approximate surface area is 111 Å². The highest BCUT2D eigenvalue weighted by molar-refractivity contribution is 5.95. The number of hydrogen-bond acceptors (Lipinski definition) is 3. The summed E-state index contributed by atoms with van der Waals surface area (Å²) in [5, 5.41) is 9.07. The predicted octanol–water partition coefficient (Wildman–Crippen LogP) is 1.49. The van der Waals surface area contributed by atoms with Gasteiger partial charge in [-0.3, -0.25) is 9.59 Å². The van der Waals surface area contributed by atoms with Crippen LogP contribution in [-0.2, 0) is 4.79 Å². The van der Waals surface area contributed by atoms with E-state index in [4.69, 9.17) is 9.84 Å². The van der Waals surface area contributed by atoms with Crippen LogP contribution in [0, 0.1) is 11.8 Å². The number of rotatable bonds is 3. The quantitative estimate of drug-likeness (QED) is 0.897. The number of amides is 1. The van der Waals surface area contributed by atoms with E-state index in [1.165, 1.54) is 0 Å². The summed E-state index contributed by atoms with van der Waals surface area (Å²) in [6.45, 7) is 2.63. The highest BCUT2D eigenvalue weighted by atomic mass is 16.5. The fraction of sp³-hybridized carbons (Fsp3) is 0.429. The number of aliphatic carboxylic acids is 1. The Morgan fingerprint density at radius 1 is 1.26 bits per heavy atom. The summed E-state index contributed by atoms with van der Waals surface area (Å²) >= 11 is 0. The third kappa shape index (κ3) is 2.70. The summed E-state index contributed by atoms with van der Waals surface area (Å²) in [6, 6.07) is 6.84. The number of carboxylic acids is 1. The number of hydrogen-bond donors (Lipinski definition) is 1. The normalized spacial score (nSPS) is 22.3. The van der Waals surface area contributed by atoms with Gasteiger partial charge in [0, 0.05) is 18.7 Å². The molecule has 0 aromatic heterocycles. The van der Waals surface area contributed by atoms with Crippen LogP contribution in [0.2, 0.25) is 0 Å². The molecule has 0 spiro atoms. The highest BCUT2D eigenvalue weighted by Gasteiger charge is 2.37. The smallest absolute Gasteiger partial charge is 0.308 e. The number of ether oxygens (including phenoxy) is 1. The SMILES string of the molecule is COc1ccc(C(=O)N2C[C@@H](C)[C@H](C(=O)O)C2)cc1. The van der Waals surface area contributed by atoms with Gasteiger partial charge in [-0.2, -0.15) is 0 Å². The second-order valence-corrected chi connectivity index (χ2v) is 4.86. The van der Waals surface area contributed by atoms with Crippen LogP contribution in [0.15, 0.2) is 24.3 Å². The van der Waals surface area contributed by atoms with Crippen molar-refractivity contribution in [2.75, 3.05) is 20.2 Å². The molecule has 1 aliphatic rings. The van der Waals surface area contributed by atoms with Gasteiger partial charge in [-0.15, -0.1) is 0 Å². The topological polar surface area (TPSA) is 66.8 Å². The minimum absolute atomic E-state index is 0.0142. The molecule has 2 rings (SSSR count). The van der Waals surface area contributed by atoms with Crippen molar-refractivity contribution in [3.63, 3.8) is 0 Å². The largest absolute Gasteiger partial charge is 0.497 e. The molecule has 1 N–H and O–H groups in total. The standard InChI is InChI=1S/C14H17NO4/c1-9-7-15(8-12(9)14(17)18)13(16)10-3-5-11(19-2)6-4-10/h3-6,9,12H,7-8H2,1-2H3,(H,17,18)/t9-,12-/m1/s1. The first-order valence-corrected chi connectivity index (χ1v) is 6.19. The summed E-state index contributed by atoms with van der Waals surface area (Å²) in [6.07, 6.45) is 0. The Bertz CT molecular complexity index is 483. The first-order valence-electron chi connectivity index (χ1n) is 6.19. The molecule has 5 heteroatoms. The van der Waals surface area contributed by atoms with Crippen molar-refractivity contribution in [2.24, 2.45) is 11.8 Å². The average Bonchev–Trinajstić information content (AvgIpc) is 2.80. The lowest BCUT2D eigenvalue weighted by Crippen LogP contribution is -2.29. The molecule has 0 radical (unpaired) electrons. The minimum Gasteiger partial charge on any atom is -0.497 e. The van der Waals surface area contributed by atoms with Crippen LogP contribution < -0.4 is 4.74 Å². The number of benzene rings is 1. The van der Waals surface area contributed by atoms with Crippen molar-refractivity contribution >= 4 is 11.9 Å². The van der Waals surface area contributed by atoms with Gasteiger partial charge in [0.15, 0.2) is 0 Å². The summed E-state index contributed by atoms with van der Waals surface area (Å²) in [7, 11) is 1.57. The Hall–Kier alpha value is -2.04. The molecule has 1 heterocycles. The molecule has 19 heavy (non-hydrogen) atoms. The third-order valence-electron chi connectivity index (χ3n) is 3.55. The van der Waals surface area contributed by atoms with E-state index in [-0.39, 0.29) is 18.4 Å². The zero-order valence-electron chi connectivity index (χ0n) is 11.0. The van der Waals surface area contributed by atoms with E-state index in [1.54, 1.807) is 36.3 Å². The van der Waals surface area contributed by atoms with Gasteiger partial charge in [0.2, 0.25) is 0 Å². The van der Waals surface area contributed by atoms with E-state index in [9.17, 15) is 9.59 Å². The molecule has 5 nitrogen and oxygen atoms in total. The van der Waals surface area contributed by atoms with Crippen LogP contribution in [0.25, 0.3) is 0 Å². The molecule has 0 aliphatic carbocycles. The summed E-state index contributed by atoms with van der Waals surface area (Å²) in [5.74, 6) is -0.757. The van der Waals surface area contributed by atoms with Gasteiger partial charge in [-0.05, 0) is 30.2 Å². The Kier molecular flexibility index (Phi) is 3.74. The summed E-state index contributed by atoms with van der Waals surface area (Å²) in [5.41, 5.74) is 0.555. The summed E-state index contributed by atoms with van der Waals surface area (Å²) in [4.78, 5) is 24.9. The Morgan fingerprint density at radius 3 is 2.37 bits per heavy atom. The van der Waals surface area contributed by atoms with E-state index >= 15 is 0 Å². The van der Waals surface area contributed by atoms with Crippen LogP contribution in [0.1, 0.15) is 17.3 Å². The molecule has 1 aliphatic heterocycles. The van der Waals surface area contributed by atoms with Gasteiger partial charge in [-0.25, -0.2) is 0 Å².